The first-order valence-corrected chi connectivity index (χ1v) is 5.62. The molecule has 0 aliphatic rings. The quantitative estimate of drug-likeness (QED) is 0.561. The lowest BCUT2D eigenvalue weighted by atomic mass is 10.0. The van der Waals surface area contributed by atoms with Crippen molar-refractivity contribution in [3.8, 4) is 0 Å². The van der Waals surface area contributed by atoms with Crippen molar-refractivity contribution in [2.75, 3.05) is 6.67 Å². The molecular formula is C13H14FNO4. The van der Waals surface area contributed by atoms with Crippen LogP contribution >= 0.6 is 0 Å². The number of Topliss-reactive ketones (excluding diaryl/α,β-unsaturated/α-hetero) is 2. The van der Waals surface area contributed by atoms with Gasteiger partial charge in [0, 0.05) is 5.56 Å². The molecule has 1 unspecified atom stereocenters. The van der Waals surface area contributed by atoms with Gasteiger partial charge in [-0.1, -0.05) is 24.3 Å². The van der Waals surface area contributed by atoms with Crippen LogP contribution in [0.5, 0.6) is 0 Å². The predicted molar refractivity (Wildman–Crippen MR) is 65.7 cm³/mol. The van der Waals surface area contributed by atoms with E-state index in [4.69, 9.17) is 10.8 Å². The summed E-state index contributed by atoms with van der Waals surface area (Å²) in [4.78, 5) is 32.9. The fraction of sp³-hybridized carbons (Fsp3) is 0.308. The van der Waals surface area contributed by atoms with Gasteiger partial charge >= 0.3 is 5.97 Å². The van der Waals surface area contributed by atoms with E-state index in [1.54, 1.807) is 12.1 Å². The van der Waals surface area contributed by atoms with Crippen LogP contribution in [0, 0.1) is 0 Å². The van der Waals surface area contributed by atoms with Crippen LogP contribution in [0.15, 0.2) is 24.3 Å². The first-order valence-electron chi connectivity index (χ1n) is 5.62. The first-order chi connectivity index (χ1) is 8.93. The Bertz CT molecular complexity index is 484. The second-order valence-corrected chi connectivity index (χ2v) is 4.12. The zero-order chi connectivity index (χ0) is 14.4. The number of carboxylic acid groups (broad SMARTS) is 1. The zero-order valence-electron chi connectivity index (χ0n) is 10.1. The van der Waals surface area contributed by atoms with Crippen LogP contribution in [0.2, 0.25) is 0 Å². The van der Waals surface area contributed by atoms with Crippen molar-refractivity contribution in [2.45, 2.75) is 18.9 Å². The minimum Gasteiger partial charge on any atom is -0.480 e. The minimum absolute atomic E-state index is 0.146. The summed E-state index contributed by atoms with van der Waals surface area (Å²) in [6.07, 6.45) is -0.322. The number of rotatable bonds is 7. The number of ketones is 2. The molecule has 0 aromatic heterocycles. The molecule has 102 valence electrons. The van der Waals surface area contributed by atoms with Gasteiger partial charge in [0.1, 0.15) is 12.7 Å². The lowest BCUT2D eigenvalue weighted by molar-refractivity contribution is -0.138. The van der Waals surface area contributed by atoms with Crippen molar-refractivity contribution in [1.82, 2.24) is 0 Å². The number of aliphatic carboxylic acids is 1. The molecule has 1 aromatic carbocycles. The second-order valence-electron chi connectivity index (χ2n) is 4.12. The SMILES string of the molecule is NC(Cc1ccc(C(=O)CC(=O)CF)cc1)C(=O)O. The van der Waals surface area contributed by atoms with Gasteiger partial charge in [-0.3, -0.25) is 14.4 Å². The van der Waals surface area contributed by atoms with Crippen molar-refractivity contribution in [2.24, 2.45) is 5.73 Å². The van der Waals surface area contributed by atoms with Crippen molar-refractivity contribution in [1.29, 1.82) is 0 Å². The predicted octanol–water partition coefficient (Wildman–Crippen LogP) is 0.752. The van der Waals surface area contributed by atoms with Crippen molar-refractivity contribution in [3.63, 3.8) is 0 Å². The number of halogens is 1. The van der Waals surface area contributed by atoms with Gasteiger partial charge in [0.15, 0.2) is 11.6 Å². The number of carbonyl (C=O) groups excluding carboxylic acids is 2. The number of hydrogen-bond donors (Lipinski definition) is 2. The molecule has 0 saturated heterocycles. The molecule has 1 aromatic rings. The number of hydrogen-bond acceptors (Lipinski definition) is 4. The standard InChI is InChI=1S/C13H14FNO4/c14-7-10(16)6-12(17)9-3-1-8(2-4-9)5-11(15)13(18)19/h1-4,11H,5-7,15H2,(H,18,19). The molecule has 0 bridgehead atoms. The van der Waals surface area contributed by atoms with Crippen LogP contribution in [-0.4, -0.2) is 35.4 Å². The molecule has 0 radical (unpaired) electrons. The van der Waals surface area contributed by atoms with Gasteiger partial charge in [0.2, 0.25) is 0 Å². The van der Waals surface area contributed by atoms with Gasteiger partial charge in [-0.05, 0) is 12.0 Å². The summed E-state index contributed by atoms with van der Waals surface area (Å²) in [5, 5.41) is 8.66. The topological polar surface area (TPSA) is 97.5 Å². The third-order valence-corrected chi connectivity index (χ3v) is 2.56. The Morgan fingerprint density at radius 1 is 1.21 bits per heavy atom. The van der Waals surface area contributed by atoms with E-state index >= 15 is 0 Å². The van der Waals surface area contributed by atoms with E-state index in [0.29, 0.717) is 5.56 Å². The number of nitrogens with two attached hydrogens (primary N) is 1. The summed E-state index contributed by atoms with van der Waals surface area (Å²) in [6, 6.07) is 5.07. The summed E-state index contributed by atoms with van der Waals surface area (Å²) in [5.74, 6) is -2.33. The van der Waals surface area contributed by atoms with E-state index < -0.39 is 36.7 Å². The Morgan fingerprint density at radius 3 is 2.26 bits per heavy atom. The lowest BCUT2D eigenvalue weighted by Gasteiger charge is -2.07. The Balaban J connectivity index is 2.68. The van der Waals surface area contributed by atoms with Gasteiger partial charge < -0.3 is 10.8 Å². The van der Waals surface area contributed by atoms with Crippen LogP contribution in [-0.2, 0) is 16.0 Å². The molecule has 0 heterocycles. The van der Waals surface area contributed by atoms with Gasteiger partial charge in [-0.2, -0.15) is 0 Å². The third-order valence-electron chi connectivity index (χ3n) is 2.56. The van der Waals surface area contributed by atoms with Crippen LogP contribution in [0.3, 0.4) is 0 Å². The summed E-state index contributed by atoms with van der Waals surface area (Å²) in [6.45, 7) is -1.16. The molecular weight excluding hydrogens is 253 g/mol. The van der Waals surface area contributed by atoms with Crippen molar-refractivity contribution >= 4 is 17.5 Å². The molecule has 0 aliphatic carbocycles. The maximum atomic E-state index is 12.0. The van der Waals surface area contributed by atoms with E-state index in [2.05, 4.69) is 0 Å². The highest BCUT2D eigenvalue weighted by atomic mass is 19.1. The molecule has 0 aliphatic heterocycles. The highest BCUT2D eigenvalue weighted by Gasteiger charge is 2.14. The summed E-state index contributed by atoms with van der Waals surface area (Å²) in [5.41, 5.74) is 6.33. The molecule has 19 heavy (non-hydrogen) atoms. The van der Waals surface area contributed by atoms with Crippen LogP contribution < -0.4 is 5.73 Å². The maximum absolute atomic E-state index is 12.0. The maximum Gasteiger partial charge on any atom is 0.320 e. The molecule has 0 amide bonds. The normalized spacial score (nSPS) is 11.9. The second kappa shape index (κ2) is 6.75. The Hall–Kier alpha value is -2.08. The molecule has 6 heteroatoms. The molecule has 1 rings (SSSR count). The zero-order valence-corrected chi connectivity index (χ0v) is 10.1. The van der Waals surface area contributed by atoms with Crippen LogP contribution in [0.25, 0.3) is 0 Å². The van der Waals surface area contributed by atoms with E-state index in [9.17, 15) is 18.8 Å². The number of benzene rings is 1. The summed E-state index contributed by atoms with van der Waals surface area (Å²) >= 11 is 0. The van der Waals surface area contributed by atoms with Crippen LogP contribution in [0.1, 0.15) is 22.3 Å². The largest absolute Gasteiger partial charge is 0.480 e. The Morgan fingerprint density at radius 2 is 1.79 bits per heavy atom. The molecule has 0 saturated carbocycles. The third kappa shape index (κ3) is 4.59. The van der Waals surface area contributed by atoms with Gasteiger partial charge in [-0.25, -0.2) is 4.39 Å². The van der Waals surface area contributed by atoms with Gasteiger partial charge in [0.25, 0.3) is 0 Å². The smallest absolute Gasteiger partial charge is 0.320 e. The van der Waals surface area contributed by atoms with E-state index in [1.165, 1.54) is 12.1 Å². The van der Waals surface area contributed by atoms with Crippen molar-refractivity contribution < 1.29 is 23.9 Å². The molecule has 0 spiro atoms. The van der Waals surface area contributed by atoms with E-state index in [-0.39, 0.29) is 12.0 Å². The average Bonchev–Trinajstić information content (AvgIpc) is 2.39. The highest BCUT2D eigenvalue weighted by molar-refractivity contribution is 6.08. The molecule has 0 fully saturated rings. The number of carboxylic acids is 1. The average molecular weight is 267 g/mol. The summed E-state index contributed by atoms with van der Waals surface area (Å²) < 4.78 is 12.0. The van der Waals surface area contributed by atoms with Gasteiger partial charge in [-0.15, -0.1) is 0 Å². The molecule has 1 atom stereocenters. The van der Waals surface area contributed by atoms with E-state index in [1.807, 2.05) is 0 Å². The highest BCUT2D eigenvalue weighted by Crippen LogP contribution is 2.09. The molecule has 5 nitrogen and oxygen atoms in total. The monoisotopic (exact) mass is 267 g/mol. The fourth-order valence-electron chi connectivity index (χ4n) is 1.50. The lowest BCUT2D eigenvalue weighted by Crippen LogP contribution is -2.32. The first kappa shape index (κ1) is 15.0. The van der Waals surface area contributed by atoms with E-state index in [0.717, 1.165) is 0 Å². The number of carbonyl (C=O) groups is 3. The number of alkyl halides is 1. The van der Waals surface area contributed by atoms with Crippen LogP contribution in [0.4, 0.5) is 4.39 Å². The van der Waals surface area contributed by atoms with Gasteiger partial charge in [0.05, 0.1) is 6.42 Å². The molecule has 3 N–H and O–H groups in total. The fourth-order valence-corrected chi connectivity index (χ4v) is 1.50. The minimum atomic E-state index is -1.16. The Labute approximate surface area is 109 Å². The Kier molecular flexibility index (Phi) is 5.32. The van der Waals surface area contributed by atoms with Crippen molar-refractivity contribution in [3.05, 3.63) is 35.4 Å². The summed E-state index contributed by atoms with van der Waals surface area (Å²) in [7, 11) is 0.